The molecular formula is C23H34N2O5. The van der Waals surface area contributed by atoms with Gasteiger partial charge in [-0.15, -0.1) is 0 Å². The number of epoxide rings is 1. The minimum atomic E-state index is -0.877. The molecule has 0 unspecified atom stereocenters. The van der Waals surface area contributed by atoms with Gasteiger partial charge in [0, 0.05) is 6.42 Å². The van der Waals surface area contributed by atoms with E-state index in [1.54, 1.807) is 27.7 Å². The quantitative estimate of drug-likeness (QED) is 0.601. The van der Waals surface area contributed by atoms with Crippen LogP contribution in [0.4, 0.5) is 4.79 Å². The number of rotatable bonds is 9. The summed E-state index contributed by atoms with van der Waals surface area (Å²) in [4.78, 5) is 38.3. The summed E-state index contributed by atoms with van der Waals surface area (Å²) in [6.45, 7) is 11.3. The van der Waals surface area contributed by atoms with Crippen LogP contribution < -0.4 is 10.6 Å². The van der Waals surface area contributed by atoms with Crippen LogP contribution in [-0.2, 0) is 25.5 Å². The minimum Gasteiger partial charge on any atom is -0.444 e. The van der Waals surface area contributed by atoms with Crippen LogP contribution in [0.15, 0.2) is 30.3 Å². The molecule has 7 heteroatoms. The average Bonchev–Trinajstić information content (AvgIpc) is 3.37. The lowest BCUT2D eigenvalue weighted by Gasteiger charge is -2.26. The van der Waals surface area contributed by atoms with Crippen molar-refractivity contribution in [1.29, 1.82) is 0 Å². The number of ether oxygens (including phenoxy) is 2. The second-order valence-corrected chi connectivity index (χ2v) is 9.46. The van der Waals surface area contributed by atoms with E-state index in [-0.39, 0.29) is 18.1 Å². The zero-order valence-corrected chi connectivity index (χ0v) is 18.8. The van der Waals surface area contributed by atoms with Crippen LogP contribution in [0.3, 0.4) is 0 Å². The first-order valence-electron chi connectivity index (χ1n) is 10.4. The molecule has 1 aliphatic heterocycles. The molecule has 0 aromatic heterocycles. The molecule has 1 aliphatic rings. The molecule has 2 rings (SSSR count). The van der Waals surface area contributed by atoms with E-state index in [1.807, 2.05) is 44.2 Å². The number of benzene rings is 1. The van der Waals surface area contributed by atoms with Crippen LogP contribution in [0.2, 0.25) is 0 Å². The smallest absolute Gasteiger partial charge is 0.408 e. The van der Waals surface area contributed by atoms with Crippen molar-refractivity contribution in [2.45, 2.75) is 77.7 Å². The van der Waals surface area contributed by atoms with E-state index in [2.05, 4.69) is 10.6 Å². The van der Waals surface area contributed by atoms with Gasteiger partial charge < -0.3 is 20.1 Å². The monoisotopic (exact) mass is 418 g/mol. The van der Waals surface area contributed by atoms with Gasteiger partial charge in [-0.3, -0.25) is 9.59 Å². The largest absolute Gasteiger partial charge is 0.444 e. The first kappa shape index (κ1) is 23.9. The van der Waals surface area contributed by atoms with Gasteiger partial charge in [-0.05, 0) is 45.6 Å². The van der Waals surface area contributed by atoms with Crippen molar-refractivity contribution in [3.63, 3.8) is 0 Å². The maximum atomic E-state index is 13.1. The Bertz CT molecular complexity index is 751. The van der Waals surface area contributed by atoms with E-state index in [4.69, 9.17) is 9.47 Å². The van der Waals surface area contributed by atoms with Crippen molar-refractivity contribution < 1.29 is 23.9 Å². The molecular weight excluding hydrogens is 384 g/mol. The molecule has 1 saturated heterocycles. The van der Waals surface area contributed by atoms with Crippen molar-refractivity contribution in [2.24, 2.45) is 5.92 Å². The number of hydrogen-bond donors (Lipinski definition) is 2. The summed E-state index contributed by atoms with van der Waals surface area (Å²) in [6, 6.07) is 7.83. The summed E-state index contributed by atoms with van der Waals surface area (Å²) in [6.07, 6.45) is 0.0961. The first-order chi connectivity index (χ1) is 13.9. The fourth-order valence-electron chi connectivity index (χ4n) is 3.10. The Morgan fingerprint density at radius 3 is 2.20 bits per heavy atom. The lowest BCUT2D eigenvalue weighted by atomic mass is 9.93. The van der Waals surface area contributed by atoms with Gasteiger partial charge in [0.15, 0.2) is 5.78 Å². The van der Waals surface area contributed by atoms with E-state index in [0.29, 0.717) is 13.0 Å². The fourth-order valence-corrected chi connectivity index (χ4v) is 3.10. The van der Waals surface area contributed by atoms with Crippen LogP contribution in [0.5, 0.6) is 0 Å². The number of carbonyl (C=O) groups is 3. The molecule has 2 N–H and O–H groups in total. The van der Waals surface area contributed by atoms with E-state index in [0.717, 1.165) is 5.56 Å². The number of ketones is 1. The summed E-state index contributed by atoms with van der Waals surface area (Å²) in [5, 5.41) is 5.50. The van der Waals surface area contributed by atoms with Crippen molar-refractivity contribution in [1.82, 2.24) is 10.6 Å². The van der Waals surface area contributed by atoms with Gasteiger partial charge in [-0.1, -0.05) is 44.2 Å². The second-order valence-electron chi connectivity index (χ2n) is 9.46. The van der Waals surface area contributed by atoms with Gasteiger partial charge in [0.2, 0.25) is 5.91 Å². The molecule has 3 atom stereocenters. The molecule has 1 aromatic carbocycles. The third-order valence-electron chi connectivity index (χ3n) is 4.73. The highest BCUT2D eigenvalue weighted by molar-refractivity contribution is 5.97. The summed E-state index contributed by atoms with van der Waals surface area (Å²) >= 11 is 0. The Kier molecular flexibility index (Phi) is 7.64. The number of alkyl carbamates (subject to hydrolysis) is 1. The maximum absolute atomic E-state index is 13.1. The molecule has 0 saturated carbocycles. The minimum absolute atomic E-state index is 0.139. The zero-order valence-electron chi connectivity index (χ0n) is 18.8. The lowest BCUT2D eigenvalue weighted by Crippen LogP contribution is -2.55. The van der Waals surface area contributed by atoms with Gasteiger partial charge in [-0.2, -0.15) is 0 Å². The molecule has 1 aromatic rings. The molecule has 30 heavy (non-hydrogen) atoms. The number of carbonyl (C=O) groups excluding carboxylic acids is 3. The van der Waals surface area contributed by atoms with Crippen molar-refractivity contribution >= 4 is 17.8 Å². The SMILES string of the molecule is CC(C)C[C@H](NC(=O)[C@H](Cc1ccccc1)NC(=O)OC(C)(C)C)C(=O)[C@@]1(C)CO1. The highest BCUT2D eigenvalue weighted by Gasteiger charge is 2.50. The molecule has 2 amide bonds. The predicted molar refractivity (Wildman–Crippen MR) is 114 cm³/mol. The Labute approximate surface area is 178 Å². The molecule has 1 fully saturated rings. The van der Waals surface area contributed by atoms with Crippen LogP contribution >= 0.6 is 0 Å². The molecule has 166 valence electrons. The highest BCUT2D eigenvalue weighted by atomic mass is 16.6. The third-order valence-corrected chi connectivity index (χ3v) is 4.73. The summed E-state index contributed by atoms with van der Waals surface area (Å²) < 4.78 is 10.6. The topological polar surface area (TPSA) is 97.0 Å². The number of hydrogen-bond acceptors (Lipinski definition) is 5. The van der Waals surface area contributed by atoms with Crippen LogP contribution in [0, 0.1) is 5.92 Å². The third kappa shape index (κ3) is 7.44. The molecule has 1 heterocycles. The Morgan fingerprint density at radius 2 is 1.70 bits per heavy atom. The molecule has 7 nitrogen and oxygen atoms in total. The Hall–Kier alpha value is -2.41. The van der Waals surface area contributed by atoms with E-state index >= 15 is 0 Å². The standard InChI is InChI=1S/C23H34N2O5/c1-15(2)12-17(19(26)23(6)14-29-23)24-20(27)18(13-16-10-8-7-9-11-16)25-21(28)30-22(3,4)5/h7-11,15,17-18H,12-14H2,1-6H3,(H,24,27)(H,25,28)/t17-,18-,23+/m0/s1. The average molecular weight is 419 g/mol. The zero-order chi connectivity index (χ0) is 22.5. The summed E-state index contributed by atoms with van der Waals surface area (Å²) in [7, 11) is 0. The van der Waals surface area contributed by atoms with Gasteiger partial charge >= 0.3 is 6.09 Å². The maximum Gasteiger partial charge on any atom is 0.408 e. The number of nitrogens with one attached hydrogen (secondary N) is 2. The summed E-state index contributed by atoms with van der Waals surface area (Å²) in [5.41, 5.74) is -0.635. The lowest BCUT2D eigenvalue weighted by molar-refractivity contribution is -0.131. The molecule has 0 aliphatic carbocycles. The Balaban J connectivity index is 2.16. The van der Waals surface area contributed by atoms with Crippen molar-refractivity contribution in [2.75, 3.05) is 6.61 Å². The normalized spacial score (nSPS) is 20.2. The fraction of sp³-hybridized carbons (Fsp3) is 0.609. The van der Waals surface area contributed by atoms with E-state index < -0.39 is 35.3 Å². The van der Waals surface area contributed by atoms with E-state index in [1.165, 1.54) is 0 Å². The van der Waals surface area contributed by atoms with Gasteiger partial charge in [0.05, 0.1) is 12.6 Å². The van der Waals surface area contributed by atoms with Gasteiger partial charge in [-0.25, -0.2) is 4.79 Å². The summed E-state index contributed by atoms with van der Waals surface area (Å²) in [5.74, 6) is -0.360. The highest BCUT2D eigenvalue weighted by Crippen LogP contribution is 2.29. The Morgan fingerprint density at radius 1 is 1.10 bits per heavy atom. The van der Waals surface area contributed by atoms with Crippen LogP contribution in [0.1, 0.15) is 53.5 Å². The molecule has 0 spiro atoms. The predicted octanol–water partition coefficient (Wildman–Crippen LogP) is 3.01. The first-order valence-corrected chi connectivity index (χ1v) is 10.4. The second kappa shape index (κ2) is 9.60. The number of amides is 2. The van der Waals surface area contributed by atoms with Gasteiger partial charge in [0.25, 0.3) is 0 Å². The molecule has 0 radical (unpaired) electrons. The van der Waals surface area contributed by atoms with Crippen molar-refractivity contribution in [3.05, 3.63) is 35.9 Å². The molecule has 0 bridgehead atoms. The van der Waals surface area contributed by atoms with Gasteiger partial charge in [0.1, 0.15) is 17.2 Å². The van der Waals surface area contributed by atoms with Crippen LogP contribution in [0.25, 0.3) is 0 Å². The van der Waals surface area contributed by atoms with Crippen LogP contribution in [-0.4, -0.2) is 47.7 Å². The van der Waals surface area contributed by atoms with Crippen molar-refractivity contribution in [3.8, 4) is 0 Å². The number of Topliss-reactive ketones (excluding diaryl/α,β-unsaturated/α-hetero) is 1. The van der Waals surface area contributed by atoms with E-state index in [9.17, 15) is 14.4 Å².